The van der Waals surface area contributed by atoms with E-state index in [1.165, 1.54) is 5.01 Å². The number of fused-ring (bicyclic) bond motifs is 2. The summed E-state index contributed by atoms with van der Waals surface area (Å²) in [4.78, 5) is 28.5. The van der Waals surface area contributed by atoms with E-state index in [9.17, 15) is 9.59 Å². The summed E-state index contributed by atoms with van der Waals surface area (Å²) >= 11 is 6.58. The monoisotopic (exact) mass is 465 g/mol. The average Bonchev–Trinajstić information content (AvgIpc) is 3.43. The van der Waals surface area contributed by atoms with Gasteiger partial charge in [0, 0.05) is 29.9 Å². The van der Waals surface area contributed by atoms with Crippen molar-refractivity contribution < 1.29 is 24.2 Å². The quantitative estimate of drug-likeness (QED) is 0.558. The molecule has 2 aliphatic rings. The number of carboxylic acids is 1. The summed E-state index contributed by atoms with van der Waals surface area (Å²) < 4.78 is 10.9. The first-order valence-electron chi connectivity index (χ1n) is 10.5. The fraction of sp³-hybridized carbons (Fsp3) is 0.250. The Morgan fingerprint density at radius 2 is 1.85 bits per heavy atom. The van der Waals surface area contributed by atoms with E-state index < -0.39 is 12.0 Å². The maximum Gasteiger partial charge on any atom is 0.303 e. The highest BCUT2D eigenvalue weighted by atomic mass is 35.5. The topological polar surface area (TPSA) is 101 Å². The molecular formula is C24H20ClN3O5. The third-order valence-corrected chi connectivity index (χ3v) is 6.05. The van der Waals surface area contributed by atoms with Crippen molar-refractivity contribution in [3.8, 4) is 11.5 Å². The average molecular weight is 466 g/mol. The molecule has 0 fully saturated rings. The number of carboxylic acid groups (broad SMARTS) is 1. The first kappa shape index (κ1) is 21.2. The molecule has 0 saturated carbocycles. The Morgan fingerprint density at radius 1 is 1.12 bits per heavy atom. The number of halogens is 1. The molecule has 5 rings (SSSR count). The first-order chi connectivity index (χ1) is 15.9. The summed E-state index contributed by atoms with van der Waals surface area (Å²) in [6, 6.07) is 12.8. The lowest BCUT2D eigenvalue weighted by molar-refractivity contribution is -0.141. The highest BCUT2D eigenvalue weighted by Gasteiger charge is 2.35. The lowest BCUT2D eigenvalue weighted by atomic mass is 9.97. The Bertz CT molecular complexity index is 1310. The molecule has 1 N–H and O–H groups in total. The van der Waals surface area contributed by atoms with Crippen LogP contribution in [0.25, 0.3) is 10.9 Å². The Morgan fingerprint density at radius 3 is 2.58 bits per heavy atom. The first-order valence-corrected chi connectivity index (χ1v) is 10.8. The number of aliphatic carboxylic acids is 1. The van der Waals surface area contributed by atoms with Gasteiger partial charge in [-0.3, -0.25) is 9.59 Å². The summed E-state index contributed by atoms with van der Waals surface area (Å²) in [6.07, 6.45) is -0.00221. The van der Waals surface area contributed by atoms with Gasteiger partial charge in [0.05, 0.1) is 23.7 Å². The van der Waals surface area contributed by atoms with E-state index in [0.29, 0.717) is 29.0 Å². The molecule has 9 heteroatoms. The number of amides is 1. The second-order valence-electron chi connectivity index (χ2n) is 8.03. The summed E-state index contributed by atoms with van der Waals surface area (Å²) in [5.41, 5.74) is 4.02. The van der Waals surface area contributed by atoms with E-state index in [4.69, 9.17) is 26.2 Å². The van der Waals surface area contributed by atoms with Crippen LogP contribution in [0.3, 0.4) is 0 Å². The van der Waals surface area contributed by atoms with Crippen LogP contribution in [0.4, 0.5) is 0 Å². The van der Waals surface area contributed by atoms with Gasteiger partial charge >= 0.3 is 5.97 Å². The number of benzene rings is 2. The fourth-order valence-corrected chi connectivity index (χ4v) is 4.29. The largest absolute Gasteiger partial charge is 0.481 e. The van der Waals surface area contributed by atoms with Gasteiger partial charge in [0.1, 0.15) is 5.15 Å². The molecule has 1 atom stereocenters. The molecule has 1 aromatic heterocycles. The molecule has 0 spiro atoms. The van der Waals surface area contributed by atoms with Gasteiger partial charge in [0.2, 0.25) is 12.7 Å². The predicted molar refractivity (Wildman–Crippen MR) is 122 cm³/mol. The number of aryl methyl sites for hydroxylation is 1. The number of carbonyl (C=O) groups is 2. The Balaban J connectivity index is 1.54. The number of ether oxygens (including phenoxy) is 2. The number of hydrazone groups is 1. The summed E-state index contributed by atoms with van der Waals surface area (Å²) in [5.74, 6) is -0.195. The van der Waals surface area contributed by atoms with E-state index >= 15 is 0 Å². The molecule has 8 nitrogen and oxygen atoms in total. The number of carbonyl (C=O) groups excluding carboxylic acids is 1. The van der Waals surface area contributed by atoms with Gasteiger partial charge in [-0.2, -0.15) is 5.10 Å². The van der Waals surface area contributed by atoms with Gasteiger partial charge in [-0.25, -0.2) is 9.99 Å². The van der Waals surface area contributed by atoms with E-state index in [2.05, 4.69) is 10.1 Å². The van der Waals surface area contributed by atoms with Crippen molar-refractivity contribution in [1.82, 2.24) is 9.99 Å². The standard InChI is InChI=1S/C24H20ClN3O5/c1-13-2-4-14(5-3-13)18-10-19(28(27-18)22(29)6-7-23(30)31)16-8-15-9-20-21(33-12-32-20)11-17(15)26-24(16)25/h2-5,8-9,11,19H,6-7,10,12H2,1H3,(H,30,31)/t19-/m0/s1. The van der Waals surface area contributed by atoms with Crippen LogP contribution in [0.5, 0.6) is 11.5 Å². The number of pyridine rings is 1. The molecule has 3 aromatic rings. The van der Waals surface area contributed by atoms with Crippen molar-refractivity contribution in [2.45, 2.75) is 32.2 Å². The molecule has 0 unspecified atom stereocenters. The maximum atomic E-state index is 12.9. The van der Waals surface area contributed by atoms with Crippen LogP contribution in [-0.2, 0) is 9.59 Å². The summed E-state index contributed by atoms with van der Waals surface area (Å²) in [5, 5.41) is 16.0. The lowest BCUT2D eigenvalue weighted by Gasteiger charge is -2.23. The normalized spacial score (nSPS) is 16.8. The molecule has 3 heterocycles. The van der Waals surface area contributed by atoms with Gasteiger partial charge in [-0.15, -0.1) is 0 Å². The number of nitrogens with zero attached hydrogens (tertiary/aromatic N) is 3. The van der Waals surface area contributed by atoms with Gasteiger partial charge in [-0.1, -0.05) is 41.4 Å². The van der Waals surface area contributed by atoms with Crippen LogP contribution in [-0.4, -0.2) is 39.5 Å². The van der Waals surface area contributed by atoms with Crippen LogP contribution in [0.2, 0.25) is 5.15 Å². The van der Waals surface area contributed by atoms with Crippen molar-refractivity contribution in [2.75, 3.05) is 6.79 Å². The van der Waals surface area contributed by atoms with Crippen LogP contribution in [0, 0.1) is 6.92 Å². The minimum absolute atomic E-state index is 0.147. The van der Waals surface area contributed by atoms with E-state index in [1.54, 1.807) is 6.07 Å². The van der Waals surface area contributed by atoms with Crippen LogP contribution in [0.1, 0.15) is 42.0 Å². The SMILES string of the molecule is Cc1ccc(C2=NN(C(=O)CCC(=O)O)[C@H](c3cc4cc5c(cc4nc3Cl)OCO5)C2)cc1. The second kappa shape index (κ2) is 8.37. The van der Waals surface area contributed by atoms with E-state index in [0.717, 1.165) is 22.2 Å². The Labute approximate surface area is 194 Å². The number of hydrogen-bond donors (Lipinski definition) is 1. The highest BCUT2D eigenvalue weighted by Crippen LogP contribution is 2.40. The molecule has 2 aromatic carbocycles. The number of aromatic nitrogens is 1. The lowest BCUT2D eigenvalue weighted by Crippen LogP contribution is -2.27. The zero-order chi connectivity index (χ0) is 23.1. The zero-order valence-electron chi connectivity index (χ0n) is 17.7. The van der Waals surface area contributed by atoms with Crippen LogP contribution >= 0.6 is 11.6 Å². The summed E-state index contributed by atoms with van der Waals surface area (Å²) in [7, 11) is 0. The summed E-state index contributed by atoms with van der Waals surface area (Å²) in [6.45, 7) is 2.14. The minimum atomic E-state index is -1.04. The molecule has 0 radical (unpaired) electrons. The van der Waals surface area contributed by atoms with Crippen molar-refractivity contribution in [2.24, 2.45) is 5.10 Å². The van der Waals surface area contributed by atoms with Crippen LogP contribution < -0.4 is 9.47 Å². The molecule has 0 aliphatic carbocycles. The molecule has 33 heavy (non-hydrogen) atoms. The predicted octanol–water partition coefficient (Wildman–Crippen LogP) is 4.47. The molecule has 1 amide bonds. The van der Waals surface area contributed by atoms with Crippen LogP contribution in [0.15, 0.2) is 47.6 Å². The second-order valence-corrected chi connectivity index (χ2v) is 8.39. The van der Waals surface area contributed by atoms with E-state index in [1.807, 2.05) is 43.3 Å². The highest BCUT2D eigenvalue weighted by molar-refractivity contribution is 6.30. The van der Waals surface area contributed by atoms with Gasteiger partial charge in [0.25, 0.3) is 0 Å². The molecule has 168 valence electrons. The third-order valence-electron chi connectivity index (χ3n) is 5.75. The van der Waals surface area contributed by atoms with Crippen molar-refractivity contribution in [1.29, 1.82) is 0 Å². The molecule has 0 saturated heterocycles. The molecular weight excluding hydrogens is 446 g/mol. The van der Waals surface area contributed by atoms with Crippen molar-refractivity contribution in [3.63, 3.8) is 0 Å². The third kappa shape index (κ3) is 4.09. The van der Waals surface area contributed by atoms with E-state index in [-0.39, 0.29) is 30.7 Å². The molecule has 0 bridgehead atoms. The number of rotatable bonds is 5. The smallest absolute Gasteiger partial charge is 0.303 e. The van der Waals surface area contributed by atoms with Crippen molar-refractivity contribution >= 4 is 40.1 Å². The molecule has 2 aliphatic heterocycles. The number of hydrogen-bond acceptors (Lipinski definition) is 6. The minimum Gasteiger partial charge on any atom is -0.481 e. The van der Waals surface area contributed by atoms with Crippen molar-refractivity contribution in [3.05, 3.63) is 64.3 Å². The van der Waals surface area contributed by atoms with Gasteiger partial charge in [-0.05, 0) is 24.6 Å². The Hall–Kier alpha value is -3.65. The Kier molecular flexibility index (Phi) is 5.38. The maximum absolute atomic E-state index is 12.9. The zero-order valence-corrected chi connectivity index (χ0v) is 18.5. The van der Waals surface area contributed by atoms with Gasteiger partial charge in [0.15, 0.2) is 11.5 Å². The van der Waals surface area contributed by atoms with Gasteiger partial charge < -0.3 is 14.6 Å². The fourth-order valence-electron chi connectivity index (χ4n) is 4.02.